The van der Waals surface area contributed by atoms with Gasteiger partial charge in [-0.15, -0.1) is 0 Å². The molecule has 0 atom stereocenters. The van der Waals surface area contributed by atoms with Crippen molar-refractivity contribution >= 4 is 11.9 Å². The minimum Gasteiger partial charge on any atom is -0.357 e. The standard InChI is InChI=1S/C11H15N7/c1-12-9-15-10(14-8-3-2-4-8)17-11(16-9)18-6-5-13-7-18/h5-8H,2-4H2,1H3,(H2,12,14,15,16,17). The summed E-state index contributed by atoms with van der Waals surface area (Å²) in [6.45, 7) is 0. The second-order valence-electron chi connectivity index (χ2n) is 4.27. The van der Waals surface area contributed by atoms with Gasteiger partial charge in [-0.2, -0.15) is 15.0 Å². The average molecular weight is 245 g/mol. The number of hydrogen-bond acceptors (Lipinski definition) is 6. The second kappa shape index (κ2) is 4.59. The third-order valence-electron chi connectivity index (χ3n) is 3.02. The van der Waals surface area contributed by atoms with Crippen molar-refractivity contribution in [3.8, 4) is 5.95 Å². The van der Waals surface area contributed by atoms with E-state index in [2.05, 4.69) is 30.6 Å². The maximum Gasteiger partial charge on any atom is 0.241 e. The van der Waals surface area contributed by atoms with Gasteiger partial charge in [0.1, 0.15) is 6.33 Å². The molecule has 7 heteroatoms. The maximum atomic E-state index is 4.40. The van der Waals surface area contributed by atoms with Crippen molar-refractivity contribution in [2.45, 2.75) is 25.3 Å². The van der Waals surface area contributed by atoms with Crippen LogP contribution in [0.15, 0.2) is 18.7 Å². The topological polar surface area (TPSA) is 80.5 Å². The Labute approximate surface area is 105 Å². The van der Waals surface area contributed by atoms with Crippen LogP contribution in [0.3, 0.4) is 0 Å². The number of anilines is 2. The summed E-state index contributed by atoms with van der Waals surface area (Å²) in [7, 11) is 1.79. The first-order valence-corrected chi connectivity index (χ1v) is 6.04. The third kappa shape index (κ3) is 2.11. The van der Waals surface area contributed by atoms with Gasteiger partial charge in [-0.3, -0.25) is 4.57 Å². The smallest absolute Gasteiger partial charge is 0.241 e. The van der Waals surface area contributed by atoms with Crippen molar-refractivity contribution in [2.24, 2.45) is 0 Å². The molecule has 2 heterocycles. The summed E-state index contributed by atoms with van der Waals surface area (Å²) < 4.78 is 1.76. The highest BCUT2D eigenvalue weighted by atomic mass is 15.3. The number of nitrogens with zero attached hydrogens (tertiary/aromatic N) is 5. The van der Waals surface area contributed by atoms with E-state index in [1.807, 2.05) is 6.20 Å². The van der Waals surface area contributed by atoms with Crippen molar-refractivity contribution in [2.75, 3.05) is 17.7 Å². The van der Waals surface area contributed by atoms with Crippen molar-refractivity contribution in [1.29, 1.82) is 0 Å². The average Bonchev–Trinajstić information content (AvgIpc) is 2.87. The maximum absolute atomic E-state index is 4.40. The minimum atomic E-state index is 0.493. The number of nitrogens with one attached hydrogen (secondary N) is 2. The van der Waals surface area contributed by atoms with Gasteiger partial charge in [-0.25, -0.2) is 4.98 Å². The lowest BCUT2D eigenvalue weighted by molar-refractivity contribution is 0.443. The summed E-state index contributed by atoms with van der Waals surface area (Å²) in [6, 6.07) is 0.493. The van der Waals surface area contributed by atoms with Crippen molar-refractivity contribution in [1.82, 2.24) is 24.5 Å². The van der Waals surface area contributed by atoms with Crippen LogP contribution < -0.4 is 10.6 Å². The molecule has 2 aromatic rings. The molecule has 0 aliphatic heterocycles. The number of imidazole rings is 1. The molecule has 2 N–H and O–H groups in total. The number of hydrogen-bond donors (Lipinski definition) is 2. The van der Waals surface area contributed by atoms with Gasteiger partial charge in [0, 0.05) is 25.5 Å². The summed E-state index contributed by atoms with van der Waals surface area (Å²) in [5.41, 5.74) is 0. The molecule has 0 saturated heterocycles. The van der Waals surface area contributed by atoms with Gasteiger partial charge < -0.3 is 10.6 Å². The van der Waals surface area contributed by atoms with Crippen molar-refractivity contribution in [3.63, 3.8) is 0 Å². The van der Waals surface area contributed by atoms with E-state index in [1.54, 1.807) is 24.1 Å². The molecule has 18 heavy (non-hydrogen) atoms. The van der Waals surface area contributed by atoms with Gasteiger partial charge >= 0.3 is 0 Å². The van der Waals surface area contributed by atoms with Crippen LogP contribution >= 0.6 is 0 Å². The van der Waals surface area contributed by atoms with Gasteiger partial charge in [0.05, 0.1) is 0 Å². The van der Waals surface area contributed by atoms with Crippen LogP contribution in [0.2, 0.25) is 0 Å². The molecule has 7 nitrogen and oxygen atoms in total. The van der Waals surface area contributed by atoms with Crippen LogP contribution in [0.1, 0.15) is 19.3 Å². The quantitative estimate of drug-likeness (QED) is 0.838. The second-order valence-corrected chi connectivity index (χ2v) is 4.27. The van der Waals surface area contributed by atoms with Gasteiger partial charge in [0.15, 0.2) is 0 Å². The lowest BCUT2D eigenvalue weighted by Gasteiger charge is -2.26. The summed E-state index contributed by atoms with van der Waals surface area (Å²) in [4.78, 5) is 17.0. The minimum absolute atomic E-state index is 0.493. The fourth-order valence-corrected chi connectivity index (χ4v) is 1.77. The molecule has 1 fully saturated rings. The van der Waals surface area contributed by atoms with E-state index >= 15 is 0 Å². The van der Waals surface area contributed by atoms with E-state index in [0.717, 1.165) is 0 Å². The summed E-state index contributed by atoms with van der Waals surface area (Å²) in [6.07, 6.45) is 8.81. The van der Waals surface area contributed by atoms with Gasteiger partial charge in [-0.05, 0) is 19.3 Å². The number of rotatable bonds is 4. The zero-order valence-corrected chi connectivity index (χ0v) is 10.2. The highest BCUT2D eigenvalue weighted by Crippen LogP contribution is 2.22. The van der Waals surface area contributed by atoms with Crippen LogP contribution in [0.5, 0.6) is 0 Å². The molecule has 1 saturated carbocycles. The zero-order chi connectivity index (χ0) is 12.4. The van der Waals surface area contributed by atoms with E-state index in [-0.39, 0.29) is 0 Å². The molecular weight excluding hydrogens is 230 g/mol. The molecule has 0 amide bonds. The first kappa shape index (κ1) is 10.9. The Bertz CT molecular complexity index is 518. The van der Waals surface area contributed by atoms with E-state index in [1.165, 1.54) is 19.3 Å². The van der Waals surface area contributed by atoms with Gasteiger partial charge in [0.2, 0.25) is 17.8 Å². The molecule has 1 aliphatic carbocycles. The molecule has 0 aromatic carbocycles. The van der Waals surface area contributed by atoms with Crippen LogP contribution in [0, 0.1) is 0 Å². The fraction of sp³-hybridized carbons (Fsp3) is 0.455. The fourth-order valence-electron chi connectivity index (χ4n) is 1.77. The predicted molar refractivity (Wildman–Crippen MR) is 67.8 cm³/mol. The van der Waals surface area contributed by atoms with Crippen LogP contribution in [0.25, 0.3) is 5.95 Å². The van der Waals surface area contributed by atoms with E-state index in [9.17, 15) is 0 Å². The first-order valence-electron chi connectivity index (χ1n) is 6.04. The summed E-state index contributed by atoms with van der Waals surface area (Å²) >= 11 is 0. The Hall–Kier alpha value is -2.18. The third-order valence-corrected chi connectivity index (χ3v) is 3.02. The Balaban J connectivity index is 1.90. The SMILES string of the molecule is CNc1nc(NC2CCC2)nc(-n2ccnc2)n1. The highest BCUT2D eigenvalue weighted by molar-refractivity contribution is 5.38. The van der Waals surface area contributed by atoms with E-state index in [4.69, 9.17) is 0 Å². The lowest BCUT2D eigenvalue weighted by atomic mass is 9.93. The van der Waals surface area contributed by atoms with Crippen molar-refractivity contribution in [3.05, 3.63) is 18.7 Å². The molecule has 2 aromatic heterocycles. The van der Waals surface area contributed by atoms with E-state index in [0.29, 0.717) is 23.9 Å². The molecular formula is C11H15N7. The van der Waals surface area contributed by atoms with Crippen LogP contribution in [-0.4, -0.2) is 37.6 Å². The Morgan fingerprint density at radius 1 is 1.22 bits per heavy atom. The van der Waals surface area contributed by atoms with Gasteiger partial charge in [-0.1, -0.05) is 0 Å². The Kier molecular flexibility index (Phi) is 2.79. The van der Waals surface area contributed by atoms with Crippen LogP contribution in [-0.2, 0) is 0 Å². The molecule has 0 spiro atoms. The highest BCUT2D eigenvalue weighted by Gasteiger charge is 2.18. The normalized spacial score (nSPS) is 15.2. The largest absolute Gasteiger partial charge is 0.357 e. The predicted octanol–water partition coefficient (Wildman–Crippen LogP) is 1.06. The lowest BCUT2D eigenvalue weighted by Crippen LogP contribution is -2.28. The Morgan fingerprint density at radius 2 is 2.06 bits per heavy atom. The molecule has 3 rings (SSSR count). The summed E-state index contributed by atoms with van der Waals surface area (Å²) in [5, 5.41) is 6.26. The van der Waals surface area contributed by atoms with Gasteiger partial charge in [0.25, 0.3) is 0 Å². The number of aromatic nitrogens is 5. The molecule has 1 aliphatic rings. The molecule has 0 bridgehead atoms. The summed E-state index contributed by atoms with van der Waals surface area (Å²) in [5.74, 6) is 1.73. The Morgan fingerprint density at radius 3 is 2.67 bits per heavy atom. The van der Waals surface area contributed by atoms with Crippen LogP contribution in [0.4, 0.5) is 11.9 Å². The van der Waals surface area contributed by atoms with E-state index < -0.39 is 0 Å². The monoisotopic (exact) mass is 245 g/mol. The zero-order valence-electron chi connectivity index (χ0n) is 10.2. The molecule has 0 unspecified atom stereocenters. The molecule has 94 valence electrons. The first-order chi connectivity index (χ1) is 8.85. The molecule has 0 radical (unpaired) electrons. The van der Waals surface area contributed by atoms with Crippen molar-refractivity contribution < 1.29 is 0 Å².